The molecule has 9 heteroatoms. The number of methoxy groups -OCH3 is 1. The quantitative estimate of drug-likeness (QED) is 0.485. The molecule has 0 fully saturated rings. The van der Waals surface area contributed by atoms with E-state index in [1.165, 1.54) is 16.7 Å². The van der Waals surface area contributed by atoms with Gasteiger partial charge in [0.25, 0.3) is 5.91 Å². The van der Waals surface area contributed by atoms with Crippen LogP contribution in [0.4, 0.5) is 5.69 Å². The number of hydroxylamine groups is 1. The summed E-state index contributed by atoms with van der Waals surface area (Å²) < 4.78 is 5.16. The third-order valence-corrected chi connectivity index (χ3v) is 5.62. The SMILES string of the molecule is COc1ccc(CC2Sc3ccc(CN)cc3N(CC(=O)NO)C2=O)cc1.Cl. The number of nitrogens with one attached hydrogen (secondary N) is 1. The summed E-state index contributed by atoms with van der Waals surface area (Å²) in [6, 6.07) is 13.2. The second-order valence-corrected chi connectivity index (χ2v) is 7.37. The molecule has 0 aliphatic carbocycles. The second-order valence-electron chi connectivity index (χ2n) is 6.12. The molecule has 0 bridgehead atoms. The Bertz CT molecular complexity index is 848. The van der Waals surface area contributed by atoms with Crippen molar-refractivity contribution in [2.45, 2.75) is 23.1 Å². The van der Waals surface area contributed by atoms with E-state index in [2.05, 4.69) is 0 Å². The largest absolute Gasteiger partial charge is 0.497 e. The number of nitrogens with two attached hydrogens (primary N) is 1. The van der Waals surface area contributed by atoms with E-state index in [1.54, 1.807) is 12.6 Å². The van der Waals surface area contributed by atoms with Gasteiger partial charge >= 0.3 is 0 Å². The molecule has 1 heterocycles. The van der Waals surface area contributed by atoms with Crippen LogP contribution in [0.3, 0.4) is 0 Å². The van der Waals surface area contributed by atoms with Gasteiger partial charge in [0, 0.05) is 11.4 Å². The number of fused-ring (bicyclic) bond motifs is 1. The molecule has 2 aromatic rings. The van der Waals surface area contributed by atoms with E-state index in [4.69, 9.17) is 15.7 Å². The van der Waals surface area contributed by atoms with Crippen molar-refractivity contribution in [3.05, 3.63) is 53.6 Å². The average molecular weight is 424 g/mol. The van der Waals surface area contributed by atoms with Gasteiger partial charge in [-0.25, -0.2) is 5.48 Å². The van der Waals surface area contributed by atoms with Gasteiger partial charge in [0.2, 0.25) is 5.91 Å². The summed E-state index contributed by atoms with van der Waals surface area (Å²) in [5.74, 6) is -0.0779. The predicted molar refractivity (Wildman–Crippen MR) is 110 cm³/mol. The zero-order chi connectivity index (χ0) is 19.4. The molecule has 2 amide bonds. The fraction of sp³-hybridized carbons (Fsp3) is 0.263. The topological polar surface area (TPSA) is 105 Å². The van der Waals surface area contributed by atoms with Crippen LogP contribution in [0.5, 0.6) is 5.75 Å². The number of benzene rings is 2. The lowest BCUT2D eigenvalue weighted by atomic mass is 10.1. The van der Waals surface area contributed by atoms with Crippen molar-refractivity contribution in [3.63, 3.8) is 0 Å². The Morgan fingerprint density at radius 3 is 2.54 bits per heavy atom. The molecule has 4 N–H and O–H groups in total. The summed E-state index contributed by atoms with van der Waals surface area (Å²) in [6.45, 7) is 0.0808. The van der Waals surface area contributed by atoms with Gasteiger partial charge in [0.15, 0.2) is 0 Å². The minimum atomic E-state index is -0.650. The van der Waals surface area contributed by atoms with Crippen LogP contribution in [0.1, 0.15) is 11.1 Å². The molecule has 0 aromatic heterocycles. The third-order valence-electron chi connectivity index (χ3n) is 4.37. The van der Waals surface area contributed by atoms with Crippen molar-refractivity contribution in [2.24, 2.45) is 5.73 Å². The molecule has 3 rings (SSSR count). The van der Waals surface area contributed by atoms with Crippen LogP contribution in [0, 0.1) is 0 Å². The van der Waals surface area contributed by atoms with Crippen LogP contribution in [0.15, 0.2) is 47.4 Å². The fourth-order valence-electron chi connectivity index (χ4n) is 2.94. The van der Waals surface area contributed by atoms with Crippen LogP contribution in [-0.4, -0.2) is 35.9 Å². The van der Waals surface area contributed by atoms with E-state index in [0.29, 0.717) is 18.7 Å². The van der Waals surface area contributed by atoms with Gasteiger partial charge < -0.3 is 15.4 Å². The van der Waals surface area contributed by atoms with Gasteiger partial charge in [-0.1, -0.05) is 18.2 Å². The van der Waals surface area contributed by atoms with Crippen molar-refractivity contribution in [2.75, 3.05) is 18.6 Å². The number of halogens is 1. The predicted octanol–water partition coefficient (Wildman–Crippen LogP) is 2.13. The summed E-state index contributed by atoms with van der Waals surface area (Å²) in [5, 5.41) is 8.50. The van der Waals surface area contributed by atoms with Crippen LogP contribution in [0.25, 0.3) is 0 Å². The molecule has 0 saturated carbocycles. The first-order chi connectivity index (χ1) is 13.0. The summed E-state index contributed by atoms with van der Waals surface area (Å²) in [5.41, 5.74) is 9.80. The van der Waals surface area contributed by atoms with Gasteiger partial charge in [-0.2, -0.15) is 0 Å². The Kier molecular flexibility index (Phi) is 7.70. The maximum Gasteiger partial charge on any atom is 0.263 e. The zero-order valence-corrected chi connectivity index (χ0v) is 16.9. The number of amides is 2. The minimum Gasteiger partial charge on any atom is -0.497 e. The van der Waals surface area contributed by atoms with Gasteiger partial charge in [0.05, 0.1) is 18.0 Å². The number of carbonyl (C=O) groups excluding carboxylic acids is 2. The van der Waals surface area contributed by atoms with Crippen molar-refractivity contribution < 1.29 is 19.5 Å². The molecular weight excluding hydrogens is 402 g/mol. The molecule has 1 aliphatic rings. The van der Waals surface area contributed by atoms with Gasteiger partial charge in [-0.3, -0.25) is 14.8 Å². The highest BCUT2D eigenvalue weighted by Crippen LogP contribution is 2.40. The Labute approximate surface area is 173 Å². The monoisotopic (exact) mass is 423 g/mol. The normalized spacial score (nSPS) is 15.5. The van der Waals surface area contributed by atoms with Crippen molar-refractivity contribution in [1.29, 1.82) is 0 Å². The first kappa shape index (κ1) is 22.0. The standard InChI is InChI=1S/C19H21N3O4S.ClH/c1-26-14-5-2-12(3-6-14)9-17-19(24)22(11-18(23)21-25)15-8-13(10-20)4-7-16(15)27-17;/h2-8,17,25H,9-11,20H2,1H3,(H,21,23);1H. The van der Waals surface area contributed by atoms with E-state index in [1.807, 2.05) is 42.5 Å². The number of thioether (sulfide) groups is 1. The molecule has 150 valence electrons. The maximum absolute atomic E-state index is 13.1. The Balaban J connectivity index is 0.00000280. The first-order valence-corrected chi connectivity index (χ1v) is 9.30. The highest BCUT2D eigenvalue weighted by molar-refractivity contribution is 8.01. The number of ether oxygens (including phenoxy) is 1. The smallest absolute Gasteiger partial charge is 0.263 e. The lowest BCUT2D eigenvalue weighted by Crippen LogP contribution is -2.46. The van der Waals surface area contributed by atoms with E-state index < -0.39 is 5.91 Å². The van der Waals surface area contributed by atoms with Gasteiger partial charge in [-0.15, -0.1) is 24.2 Å². The van der Waals surface area contributed by atoms with Crippen molar-refractivity contribution >= 4 is 41.7 Å². The Morgan fingerprint density at radius 1 is 1.25 bits per heavy atom. The molecule has 0 saturated heterocycles. The highest BCUT2D eigenvalue weighted by atomic mass is 35.5. The third kappa shape index (κ3) is 4.77. The lowest BCUT2D eigenvalue weighted by molar-refractivity contribution is -0.129. The minimum absolute atomic E-state index is 0. The average Bonchev–Trinajstić information content (AvgIpc) is 2.71. The summed E-state index contributed by atoms with van der Waals surface area (Å²) in [6.07, 6.45) is 0.517. The second kappa shape index (κ2) is 9.79. The van der Waals surface area contributed by atoms with Crippen molar-refractivity contribution in [3.8, 4) is 5.75 Å². The molecule has 2 aromatic carbocycles. The number of hydrogen-bond donors (Lipinski definition) is 3. The summed E-state index contributed by atoms with van der Waals surface area (Å²) >= 11 is 1.47. The van der Waals surface area contributed by atoms with Gasteiger partial charge in [0.1, 0.15) is 12.3 Å². The Morgan fingerprint density at radius 2 is 1.93 bits per heavy atom. The van der Waals surface area contributed by atoms with Crippen LogP contribution >= 0.6 is 24.2 Å². The lowest BCUT2D eigenvalue weighted by Gasteiger charge is -2.33. The van der Waals surface area contributed by atoms with Crippen molar-refractivity contribution in [1.82, 2.24) is 5.48 Å². The molecule has 1 aliphatic heterocycles. The molecule has 7 nitrogen and oxygen atoms in total. The van der Waals surface area contributed by atoms with E-state index in [0.717, 1.165) is 21.8 Å². The molecule has 1 unspecified atom stereocenters. The van der Waals surface area contributed by atoms with E-state index in [-0.39, 0.29) is 30.1 Å². The summed E-state index contributed by atoms with van der Waals surface area (Å²) in [7, 11) is 1.60. The Hall–Kier alpha value is -2.26. The van der Waals surface area contributed by atoms with Crippen LogP contribution in [0.2, 0.25) is 0 Å². The van der Waals surface area contributed by atoms with Crippen LogP contribution in [-0.2, 0) is 22.6 Å². The number of hydrogen-bond acceptors (Lipinski definition) is 6. The molecule has 1 atom stereocenters. The van der Waals surface area contributed by atoms with E-state index >= 15 is 0 Å². The fourth-order valence-corrected chi connectivity index (χ4v) is 4.19. The molecule has 28 heavy (non-hydrogen) atoms. The highest BCUT2D eigenvalue weighted by Gasteiger charge is 2.34. The van der Waals surface area contributed by atoms with Crippen LogP contribution < -0.4 is 20.9 Å². The number of carbonyl (C=O) groups is 2. The zero-order valence-electron chi connectivity index (χ0n) is 15.3. The van der Waals surface area contributed by atoms with E-state index in [9.17, 15) is 9.59 Å². The number of anilines is 1. The molecule has 0 spiro atoms. The van der Waals surface area contributed by atoms with Gasteiger partial charge in [-0.05, 0) is 41.8 Å². The first-order valence-electron chi connectivity index (χ1n) is 8.42. The molecule has 0 radical (unpaired) electrons. The number of rotatable bonds is 6. The molecular formula is C19H22ClN3O4S. The summed E-state index contributed by atoms with van der Waals surface area (Å²) in [4.78, 5) is 27.1. The maximum atomic E-state index is 13.1. The number of nitrogens with zero attached hydrogens (tertiary/aromatic N) is 1.